The predicted molar refractivity (Wildman–Crippen MR) is 119 cm³/mol. The van der Waals surface area contributed by atoms with Crippen molar-refractivity contribution in [3.8, 4) is 11.3 Å². The van der Waals surface area contributed by atoms with Gasteiger partial charge in [0.2, 0.25) is 10.1 Å². The zero-order valence-electron chi connectivity index (χ0n) is 17.6. The molecule has 1 aromatic carbocycles. The lowest BCUT2D eigenvalue weighted by Crippen LogP contribution is -2.43. The van der Waals surface area contributed by atoms with E-state index in [1.54, 1.807) is 33.7 Å². The molecule has 31 heavy (non-hydrogen) atoms. The second-order valence-corrected chi connectivity index (χ2v) is 10.9. The van der Waals surface area contributed by atoms with E-state index in [4.69, 9.17) is 4.74 Å². The number of rotatable bonds is 5. The van der Waals surface area contributed by atoms with Crippen LogP contribution in [-0.4, -0.2) is 65.5 Å². The Balaban J connectivity index is 1.38. The van der Waals surface area contributed by atoms with Gasteiger partial charge in [0.25, 0.3) is 0 Å². The molecular weight excluding hydrogens is 438 g/mol. The molecule has 1 aliphatic heterocycles. The molecule has 0 bridgehead atoms. The van der Waals surface area contributed by atoms with E-state index in [0.29, 0.717) is 13.1 Å². The summed E-state index contributed by atoms with van der Waals surface area (Å²) in [6.45, 7) is 5.00. The maximum atomic E-state index is 12.0. The van der Waals surface area contributed by atoms with Crippen LogP contribution >= 0.6 is 11.3 Å². The number of sulfone groups is 1. The number of imidazole rings is 1. The number of carbonyl (C=O) groups excluding carboxylic acids is 1. The minimum Gasteiger partial charge on any atom is -0.447 e. The quantitative estimate of drug-likeness (QED) is 0.619. The SMILES string of the molecule is CC(C)OC(=O)N1CCC(Nc2nn3cc(-c4ccc(S(C)(=O)=O)cc4)nc3s2)CC1. The zero-order valence-corrected chi connectivity index (χ0v) is 19.2. The Bertz CT molecular complexity index is 1140. The molecule has 3 aromatic rings. The van der Waals surface area contributed by atoms with Crippen LogP contribution in [0.15, 0.2) is 35.4 Å². The first-order valence-electron chi connectivity index (χ1n) is 10.1. The number of benzene rings is 1. The Morgan fingerprint density at radius 1 is 1.23 bits per heavy atom. The number of hydrogen-bond donors (Lipinski definition) is 1. The summed E-state index contributed by atoms with van der Waals surface area (Å²) in [5.74, 6) is 0. The molecule has 0 aliphatic carbocycles. The third-order valence-electron chi connectivity index (χ3n) is 5.04. The molecule has 0 radical (unpaired) electrons. The molecule has 1 aliphatic rings. The number of ether oxygens (including phenoxy) is 1. The molecule has 1 saturated heterocycles. The van der Waals surface area contributed by atoms with Crippen molar-refractivity contribution in [2.75, 3.05) is 24.7 Å². The summed E-state index contributed by atoms with van der Waals surface area (Å²) in [5, 5.41) is 8.79. The van der Waals surface area contributed by atoms with Crippen molar-refractivity contribution in [2.45, 2.75) is 43.7 Å². The first-order valence-corrected chi connectivity index (χ1v) is 12.8. The van der Waals surface area contributed by atoms with Gasteiger partial charge in [-0.25, -0.2) is 22.7 Å². The number of nitrogens with one attached hydrogen (secondary N) is 1. The normalized spacial score (nSPS) is 15.5. The highest BCUT2D eigenvalue weighted by Gasteiger charge is 2.25. The van der Waals surface area contributed by atoms with Crippen LogP contribution in [0.3, 0.4) is 0 Å². The molecule has 2 aromatic heterocycles. The maximum absolute atomic E-state index is 12.0. The van der Waals surface area contributed by atoms with E-state index in [2.05, 4.69) is 15.4 Å². The summed E-state index contributed by atoms with van der Waals surface area (Å²) < 4.78 is 30.2. The van der Waals surface area contributed by atoms with E-state index in [0.717, 1.165) is 34.2 Å². The Hall–Kier alpha value is -2.66. The van der Waals surface area contributed by atoms with Crippen LogP contribution < -0.4 is 5.32 Å². The topological polar surface area (TPSA) is 106 Å². The fraction of sp³-hybridized carbons (Fsp3) is 0.450. The highest BCUT2D eigenvalue weighted by Crippen LogP contribution is 2.27. The standard InChI is InChI=1S/C20H25N5O4S2/c1-13(2)29-20(26)24-10-8-15(9-11-24)21-18-23-25-12-17(22-19(25)30-18)14-4-6-16(7-5-14)31(3,27)28/h4-7,12-13,15H,8-11H2,1-3H3,(H,21,23). The molecule has 1 amide bonds. The molecule has 4 rings (SSSR count). The van der Waals surface area contributed by atoms with Gasteiger partial charge < -0.3 is 15.0 Å². The number of piperidine rings is 1. The lowest BCUT2D eigenvalue weighted by atomic mass is 10.1. The number of carbonyl (C=O) groups is 1. The highest BCUT2D eigenvalue weighted by atomic mass is 32.2. The number of nitrogens with zero attached hydrogens (tertiary/aromatic N) is 4. The van der Waals surface area contributed by atoms with Gasteiger partial charge in [0.15, 0.2) is 9.84 Å². The van der Waals surface area contributed by atoms with Gasteiger partial charge in [0.1, 0.15) is 0 Å². The number of amides is 1. The van der Waals surface area contributed by atoms with Crippen LogP contribution in [0.25, 0.3) is 16.2 Å². The van der Waals surface area contributed by atoms with Gasteiger partial charge in [-0.15, -0.1) is 5.10 Å². The molecule has 0 unspecified atom stereocenters. The van der Waals surface area contributed by atoms with Gasteiger partial charge in [-0.05, 0) is 38.8 Å². The van der Waals surface area contributed by atoms with Crippen molar-refractivity contribution >= 4 is 37.4 Å². The van der Waals surface area contributed by atoms with Crippen molar-refractivity contribution in [3.63, 3.8) is 0 Å². The third kappa shape index (κ3) is 4.99. The predicted octanol–water partition coefficient (Wildman–Crippen LogP) is 3.28. The van der Waals surface area contributed by atoms with Crippen LogP contribution in [-0.2, 0) is 14.6 Å². The van der Waals surface area contributed by atoms with Crippen molar-refractivity contribution in [1.82, 2.24) is 19.5 Å². The maximum Gasteiger partial charge on any atom is 0.410 e. The second kappa shape index (κ2) is 8.46. The van der Waals surface area contributed by atoms with E-state index < -0.39 is 9.84 Å². The van der Waals surface area contributed by atoms with Gasteiger partial charge in [0.05, 0.1) is 22.9 Å². The number of anilines is 1. The molecule has 1 fully saturated rings. The Kier molecular flexibility index (Phi) is 5.89. The molecule has 1 N–H and O–H groups in total. The van der Waals surface area contributed by atoms with E-state index in [-0.39, 0.29) is 23.1 Å². The first-order chi connectivity index (χ1) is 14.7. The van der Waals surface area contributed by atoms with Gasteiger partial charge in [-0.3, -0.25) is 0 Å². The number of fused-ring (bicyclic) bond motifs is 1. The van der Waals surface area contributed by atoms with Gasteiger partial charge in [-0.1, -0.05) is 23.5 Å². The molecule has 3 heterocycles. The number of likely N-dealkylation sites (tertiary alicyclic amines) is 1. The second-order valence-electron chi connectivity index (χ2n) is 7.90. The summed E-state index contributed by atoms with van der Waals surface area (Å²) in [6, 6.07) is 6.91. The van der Waals surface area contributed by atoms with E-state index in [1.165, 1.54) is 17.6 Å². The van der Waals surface area contributed by atoms with E-state index >= 15 is 0 Å². The largest absolute Gasteiger partial charge is 0.447 e. The molecular formula is C20H25N5O4S2. The lowest BCUT2D eigenvalue weighted by molar-refractivity contribution is 0.0701. The van der Waals surface area contributed by atoms with Crippen LogP contribution in [0.5, 0.6) is 0 Å². The molecule has 11 heteroatoms. The highest BCUT2D eigenvalue weighted by molar-refractivity contribution is 7.90. The lowest BCUT2D eigenvalue weighted by Gasteiger charge is -2.32. The Labute approximate surface area is 185 Å². The fourth-order valence-corrected chi connectivity index (χ4v) is 4.92. The van der Waals surface area contributed by atoms with Crippen molar-refractivity contribution in [3.05, 3.63) is 30.5 Å². The fourth-order valence-electron chi connectivity index (χ4n) is 3.43. The number of aromatic nitrogens is 3. The third-order valence-corrected chi connectivity index (χ3v) is 7.02. The molecule has 0 spiro atoms. The molecule has 166 valence electrons. The minimum absolute atomic E-state index is 0.114. The van der Waals surface area contributed by atoms with Gasteiger partial charge >= 0.3 is 6.09 Å². The Morgan fingerprint density at radius 3 is 2.48 bits per heavy atom. The van der Waals surface area contributed by atoms with Crippen molar-refractivity contribution in [1.29, 1.82) is 0 Å². The summed E-state index contributed by atoms with van der Waals surface area (Å²) >= 11 is 1.46. The summed E-state index contributed by atoms with van der Waals surface area (Å²) in [5.41, 5.74) is 1.57. The summed E-state index contributed by atoms with van der Waals surface area (Å²) in [7, 11) is -3.22. The first kappa shape index (κ1) is 21.6. The summed E-state index contributed by atoms with van der Waals surface area (Å²) in [4.78, 5) is 19.4. The van der Waals surface area contributed by atoms with Crippen molar-refractivity contribution < 1.29 is 17.9 Å². The van der Waals surface area contributed by atoms with Gasteiger partial charge in [0, 0.05) is 31.0 Å². The van der Waals surface area contributed by atoms with E-state index in [1.807, 2.05) is 20.0 Å². The smallest absolute Gasteiger partial charge is 0.410 e. The van der Waals surface area contributed by atoms with Gasteiger partial charge in [-0.2, -0.15) is 0 Å². The minimum atomic E-state index is -3.22. The molecule has 0 atom stereocenters. The zero-order chi connectivity index (χ0) is 22.2. The van der Waals surface area contributed by atoms with E-state index in [9.17, 15) is 13.2 Å². The average molecular weight is 464 g/mol. The van der Waals surface area contributed by atoms with Crippen LogP contribution in [0, 0.1) is 0 Å². The van der Waals surface area contributed by atoms with Crippen LogP contribution in [0.2, 0.25) is 0 Å². The van der Waals surface area contributed by atoms with Crippen LogP contribution in [0.4, 0.5) is 9.93 Å². The monoisotopic (exact) mass is 463 g/mol. The van der Waals surface area contributed by atoms with Crippen LogP contribution in [0.1, 0.15) is 26.7 Å². The van der Waals surface area contributed by atoms with Crippen molar-refractivity contribution in [2.24, 2.45) is 0 Å². The molecule has 0 saturated carbocycles. The molecule has 9 nitrogen and oxygen atoms in total. The Morgan fingerprint density at radius 2 is 1.90 bits per heavy atom. The average Bonchev–Trinajstić information content (AvgIpc) is 3.26. The summed E-state index contributed by atoms with van der Waals surface area (Å²) in [6.07, 6.45) is 4.31. The number of hydrogen-bond acceptors (Lipinski definition) is 8.